The first-order valence-electron chi connectivity index (χ1n) is 8.91. The summed E-state index contributed by atoms with van der Waals surface area (Å²) in [5, 5.41) is 11.5. The van der Waals surface area contributed by atoms with Crippen LogP contribution >= 0.6 is 0 Å². The van der Waals surface area contributed by atoms with Crippen LogP contribution in [0.1, 0.15) is 19.3 Å². The molecule has 0 saturated carbocycles. The topological polar surface area (TPSA) is 63.2 Å². The van der Waals surface area contributed by atoms with Gasteiger partial charge in [0, 0.05) is 18.8 Å². The molecule has 2 heterocycles. The van der Waals surface area contributed by atoms with Crippen molar-refractivity contribution in [3.8, 4) is 11.5 Å². The van der Waals surface area contributed by atoms with Gasteiger partial charge in [0.1, 0.15) is 11.5 Å². The average Bonchev–Trinajstić information content (AvgIpc) is 2.71. The largest absolute Gasteiger partial charge is 0.457 e. The molecular formula is C20H21N5O. The summed E-state index contributed by atoms with van der Waals surface area (Å²) in [6, 6.07) is 17.5. The molecule has 1 aliphatic heterocycles. The molecule has 1 fully saturated rings. The van der Waals surface area contributed by atoms with Crippen LogP contribution in [0.4, 0.5) is 17.5 Å². The number of para-hydroxylation sites is 1. The molecule has 1 saturated heterocycles. The van der Waals surface area contributed by atoms with E-state index in [-0.39, 0.29) is 0 Å². The third-order valence-corrected chi connectivity index (χ3v) is 4.29. The molecule has 1 N–H and O–H groups in total. The summed E-state index contributed by atoms with van der Waals surface area (Å²) < 4.78 is 5.81. The van der Waals surface area contributed by atoms with E-state index in [1.165, 1.54) is 19.3 Å². The van der Waals surface area contributed by atoms with Gasteiger partial charge >= 0.3 is 0 Å². The number of benzene rings is 2. The molecule has 0 bridgehead atoms. The van der Waals surface area contributed by atoms with Gasteiger partial charge in [-0.1, -0.05) is 18.2 Å². The van der Waals surface area contributed by atoms with Crippen LogP contribution in [-0.4, -0.2) is 28.3 Å². The SMILES string of the molecule is c1ccc(Oc2ccc(Nc3cnnc(N4CCCCC4)n3)cc2)cc1. The molecule has 0 amide bonds. The van der Waals surface area contributed by atoms with Crippen LogP contribution in [0.3, 0.4) is 0 Å². The fraction of sp³-hybridized carbons (Fsp3) is 0.250. The minimum atomic E-state index is 0.692. The number of hydrogen-bond acceptors (Lipinski definition) is 6. The lowest BCUT2D eigenvalue weighted by molar-refractivity contribution is 0.483. The first-order valence-corrected chi connectivity index (χ1v) is 8.91. The van der Waals surface area contributed by atoms with Crippen molar-refractivity contribution < 1.29 is 4.74 Å². The summed E-state index contributed by atoms with van der Waals surface area (Å²) in [5.74, 6) is 2.99. The van der Waals surface area contributed by atoms with Gasteiger partial charge in [-0.05, 0) is 55.7 Å². The third kappa shape index (κ3) is 4.08. The van der Waals surface area contributed by atoms with Crippen LogP contribution in [-0.2, 0) is 0 Å². The Bertz CT molecular complexity index is 832. The van der Waals surface area contributed by atoms with E-state index < -0.39 is 0 Å². The number of anilines is 3. The predicted molar refractivity (Wildman–Crippen MR) is 102 cm³/mol. The highest BCUT2D eigenvalue weighted by Crippen LogP contribution is 2.24. The van der Waals surface area contributed by atoms with Crippen LogP contribution in [0, 0.1) is 0 Å². The lowest BCUT2D eigenvalue weighted by Crippen LogP contribution is -2.31. The highest BCUT2D eigenvalue weighted by Gasteiger charge is 2.14. The first kappa shape index (κ1) is 16.3. The third-order valence-electron chi connectivity index (χ3n) is 4.29. The normalized spacial score (nSPS) is 14.1. The Morgan fingerprint density at radius 1 is 0.846 bits per heavy atom. The molecule has 6 heteroatoms. The van der Waals surface area contributed by atoms with Crippen molar-refractivity contribution in [3.63, 3.8) is 0 Å². The van der Waals surface area contributed by atoms with Gasteiger partial charge in [0.05, 0.1) is 6.20 Å². The summed E-state index contributed by atoms with van der Waals surface area (Å²) in [6.45, 7) is 1.99. The lowest BCUT2D eigenvalue weighted by Gasteiger charge is -2.26. The van der Waals surface area contributed by atoms with Crippen molar-refractivity contribution in [1.29, 1.82) is 0 Å². The molecule has 0 radical (unpaired) electrons. The van der Waals surface area contributed by atoms with E-state index in [4.69, 9.17) is 4.74 Å². The number of nitrogens with zero attached hydrogens (tertiary/aromatic N) is 4. The van der Waals surface area contributed by atoms with Gasteiger partial charge in [-0.25, -0.2) is 0 Å². The number of rotatable bonds is 5. The number of aromatic nitrogens is 3. The fourth-order valence-corrected chi connectivity index (χ4v) is 2.96. The van der Waals surface area contributed by atoms with Crippen molar-refractivity contribution in [2.45, 2.75) is 19.3 Å². The number of piperidine rings is 1. The molecule has 0 spiro atoms. The minimum Gasteiger partial charge on any atom is -0.457 e. The van der Waals surface area contributed by atoms with Crippen LogP contribution in [0.25, 0.3) is 0 Å². The molecule has 0 aliphatic carbocycles. The van der Waals surface area contributed by atoms with Crippen molar-refractivity contribution in [3.05, 3.63) is 60.8 Å². The zero-order chi connectivity index (χ0) is 17.6. The number of ether oxygens (including phenoxy) is 1. The second-order valence-corrected chi connectivity index (χ2v) is 6.25. The van der Waals surface area contributed by atoms with Crippen molar-refractivity contribution in [1.82, 2.24) is 15.2 Å². The Morgan fingerprint density at radius 3 is 2.35 bits per heavy atom. The second-order valence-electron chi connectivity index (χ2n) is 6.25. The van der Waals surface area contributed by atoms with Crippen molar-refractivity contribution in [2.24, 2.45) is 0 Å². The van der Waals surface area contributed by atoms with Crippen LogP contribution in [0.5, 0.6) is 11.5 Å². The Balaban J connectivity index is 1.42. The van der Waals surface area contributed by atoms with Crippen LogP contribution in [0.15, 0.2) is 60.8 Å². The maximum atomic E-state index is 5.81. The smallest absolute Gasteiger partial charge is 0.247 e. The molecule has 132 valence electrons. The molecular weight excluding hydrogens is 326 g/mol. The van der Waals surface area contributed by atoms with E-state index in [1.54, 1.807) is 6.20 Å². The summed E-state index contributed by atoms with van der Waals surface area (Å²) in [7, 11) is 0. The summed E-state index contributed by atoms with van der Waals surface area (Å²) in [4.78, 5) is 6.78. The highest BCUT2D eigenvalue weighted by atomic mass is 16.5. The quantitative estimate of drug-likeness (QED) is 0.738. The summed E-state index contributed by atoms with van der Waals surface area (Å²) in [5.41, 5.74) is 0.926. The Morgan fingerprint density at radius 2 is 1.58 bits per heavy atom. The molecule has 2 aromatic carbocycles. The number of nitrogens with one attached hydrogen (secondary N) is 1. The zero-order valence-corrected chi connectivity index (χ0v) is 14.5. The van der Waals surface area contributed by atoms with Gasteiger partial charge in [-0.3, -0.25) is 0 Å². The first-order chi connectivity index (χ1) is 12.9. The van der Waals surface area contributed by atoms with Crippen LogP contribution in [0.2, 0.25) is 0 Å². The van der Waals surface area contributed by atoms with Crippen molar-refractivity contribution in [2.75, 3.05) is 23.3 Å². The van der Waals surface area contributed by atoms with E-state index in [0.717, 1.165) is 30.3 Å². The number of hydrogen-bond donors (Lipinski definition) is 1. The van der Waals surface area contributed by atoms with Crippen molar-refractivity contribution >= 4 is 17.5 Å². The molecule has 0 unspecified atom stereocenters. The van der Waals surface area contributed by atoms with E-state index >= 15 is 0 Å². The predicted octanol–water partition coefficient (Wildman–Crippen LogP) is 4.40. The molecule has 0 atom stereocenters. The minimum absolute atomic E-state index is 0.692. The van der Waals surface area contributed by atoms with E-state index in [0.29, 0.717) is 11.8 Å². The monoisotopic (exact) mass is 347 g/mol. The van der Waals surface area contributed by atoms with E-state index in [9.17, 15) is 0 Å². The molecule has 1 aromatic heterocycles. The van der Waals surface area contributed by atoms with Gasteiger partial charge in [0.2, 0.25) is 5.95 Å². The molecule has 1 aliphatic rings. The molecule has 3 aromatic rings. The Kier molecular flexibility index (Phi) is 4.91. The molecule has 6 nitrogen and oxygen atoms in total. The fourth-order valence-electron chi connectivity index (χ4n) is 2.96. The lowest BCUT2D eigenvalue weighted by atomic mass is 10.1. The van der Waals surface area contributed by atoms with Gasteiger partial charge < -0.3 is 15.0 Å². The van der Waals surface area contributed by atoms with Gasteiger partial charge in [0.25, 0.3) is 0 Å². The van der Waals surface area contributed by atoms with Crippen LogP contribution < -0.4 is 15.0 Å². The molecule has 26 heavy (non-hydrogen) atoms. The molecule has 4 rings (SSSR count). The second kappa shape index (κ2) is 7.82. The van der Waals surface area contributed by atoms with E-state index in [1.807, 2.05) is 54.6 Å². The zero-order valence-electron chi connectivity index (χ0n) is 14.5. The van der Waals surface area contributed by atoms with Gasteiger partial charge in [-0.2, -0.15) is 10.1 Å². The van der Waals surface area contributed by atoms with Gasteiger partial charge in [-0.15, -0.1) is 5.10 Å². The maximum absolute atomic E-state index is 5.81. The summed E-state index contributed by atoms with van der Waals surface area (Å²) in [6.07, 6.45) is 5.29. The highest BCUT2D eigenvalue weighted by molar-refractivity contribution is 5.57. The Labute approximate surface area is 152 Å². The average molecular weight is 347 g/mol. The van der Waals surface area contributed by atoms with E-state index in [2.05, 4.69) is 25.4 Å². The standard InChI is InChI=1S/C20H21N5O/c1-3-7-17(8-4-1)26-18-11-9-16(10-12-18)22-19-15-21-24-20(23-19)25-13-5-2-6-14-25/h1,3-4,7-12,15H,2,5-6,13-14H2,(H,22,23,24). The van der Waals surface area contributed by atoms with Gasteiger partial charge in [0.15, 0.2) is 5.82 Å². The summed E-state index contributed by atoms with van der Waals surface area (Å²) >= 11 is 0. The Hall–Kier alpha value is -3.15. The maximum Gasteiger partial charge on any atom is 0.247 e.